The Labute approximate surface area is 89.2 Å². The van der Waals surface area contributed by atoms with Crippen LogP contribution in [-0.2, 0) is 9.53 Å². The fourth-order valence-corrected chi connectivity index (χ4v) is 2.86. The van der Waals surface area contributed by atoms with E-state index in [2.05, 4.69) is 0 Å². The molecule has 0 aliphatic carbocycles. The minimum atomic E-state index is -0.754. The molecule has 0 aromatic rings. The summed E-state index contributed by atoms with van der Waals surface area (Å²) in [5.41, 5.74) is -0.722. The number of carboxylic acid groups (broad SMARTS) is 1. The molecule has 0 aromatic heterocycles. The third-order valence-corrected chi connectivity index (χ3v) is 3.75. The molecule has 4 atom stereocenters. The van der Waals surface area contributed by atoms with Crippen LogP contribution in [0.25, 0.3) is 0 Å². The van der Waals surface area contributed by atoms with Gasteiger partial charge in [0, 0.05) is 0 Å². The monoisotopic (exact) mass is 214 g/mol. The molecular formula is C11H18O4. The summed E-state index contributed by atoms with van der Waals surface area (Å²) in [6.45, 7) is 1.70. The van der Waals surface area contributed by atoms with E-state index < -0.39 is 17.5 Å². The fraction of sp³-hybridized carbons (Fsp3) is 0.909. The van der Waals surface area contributed by atoms with Crippen LogP contribution in [0.15, 0.2) is 0 Å². The molecular weight excluding hydrogens is 196 g/mol. The maximum Gasteiger partial charge on any atom is 0.312 e. The van der Waals surface area contributed by atoms with Gasteiger partial charge in [-0.05, 0) is 39.0 Å². The van der Waals surface area contributed by atoms with Gasteiger partial charge in [-0.3, -0.25) is 4.79 Å². The first-order valence-electron chi connectivity index (χ1n) is 5.61. The van der Waals surface area contributed by atoms with Gasteiger partial charge < -0.3 is 14.9 Å². The molecule has 2 N–H and O–H groups in total. The molecule has 15 heavy (non-hydrogen) atoms. The van der Waals surface area contributed by atoms with Crippen molar-refractivity contribution in [3.63, 3.8) is 0 Å². The zero-order valence-electron chi connectivity index (χ0n) is 8.98. The van der Waals surface area contributed by atoms with Crippen molar-refractivity contribution in [2.75, 3.05) is 0 Å². The molecule has 2 saturated heterocycles. The Morgan fingerprint density at radius 2 is 2.33 bits per heavy atom. The Bertz CT molecular complexity index is 263. The van der Waals surface area contributed by atoms with Gasteiger partial charge in [-0.1, -0.05) is 0 Å². The van der Waals surface area contributed by atoms with Crippen LogP contribution in [0.5, 0.6) is 0 Å². The van der Waals surface area contributed by atoms with Crippen molar-refractivity contribution in [1.29, 1.82) is 0 Å². The van der Waals surface area contributed by atoms with Crippen LogP contribution in [-0.4, -0.2) is 34.5 Å². The Kier molecular flexibility index (Phi) is 2.73. The number of carboxylic acids is 1. The predicted octanol–water partition coefficient (Wildman–Crippen LogP) is 1.17. The van der Waals surface area contributed by atoms with E-state index >= 15 is 0 Å². The van der Waals surface area contributed by atoms with E-state index in [1.807, 2.05) is 0 Å². The number of fused-ring (bicyclic) bond motifs is 2. The summed E-state index contributed by atoms with van der Waals surface area (Å²) in [5.74, 6) is -0.754. The number of hydrogen-bond donors (Lipinski definition) is 2. The first-order valence-corrected chi connectivity index (χ1v) is 5.61. The van der Waals surface area contributed by atoms with Crippen molar-refractivity contribution < 1.29 is 19.7 Å². The van der Waals surface area contributed by atoms with Crippen LogP contribution >= 0.6 is 0 Å². The topological polar surface area (TPSA) is 66.8 Å². The van der Waals surface area contributed by atoms with Crippen molar-refractivity contribution in [1.82, 2.24) is 0 Å². The molecule has 2 aliphatic rings. The zero-order chi connectivity index (χ0) is 11.1. The number of aliphatic hydroxyl groups is 1. The Morgan fingerprint density at radius 1 is 1.60 bits per heavy atom. The lowest BCUT2D eigenvalue weighted by molar-refractivity contribution is -0.153. The molecule has 2 aliphatic heterocycles. The molecule has 2 rings (SSSR count). The number of ether oxygens (including phenoxy) is 1. The molecule has 0 radical (unpaired) electrons. The summed E-state index contributed by atoms with van der Waals surface area (Å²) in [5, 5.41) is 18.6. The summed E-state index contributed by atoms with van der Waals surface area (Å²) in [4.78, 5) is 11.4. The molecule has 0 aromatic carbocycles. The van der Waals surface area contributed by atoms with E-state index in [0.29, 0.717) is 19.3 Å². The molecule has 4 unspecified atom stereocenters. The molecule has 4 heteroatoms. The number of rotatable bonds is 4. The largest absolute Gasteiger partial charge is 0.481 e. The summed E-state index contributed by atoms with van der Waals surface area (Å²) >= 11 is 0. The number of aliphatic hydroxyl groups excluding tert-OH is 1. The molecule has 0 spiro atoms. The smallest absolute Gasteiger partial charge is 0.312 e. The van der Waals surface area contributed by atoms with Gasteiger partial charge in [-0.15, -0.1) is 0 Å². The molecule has 2 heterocycles. The standard InChI is InChI=1S/C11H18O4/c1-7(12)4-5-11(10(13)14)6-8-2-3-9(11)15-8/h7-9,12H,2-6H2,1H3,(H,13,14). The summed E-state index contributed by atoms with van der Waals surface area (Å²) < 4.78 is 5.62. The van der Waals surface area contributed by atoms with Crippen LogP contribution in [0.3, 0.4) is 0 Å². The quantitative estimate of drug-likeness (QED) is 0.737. The zero-order valence-corrected chi connectivity index (χ0v) is 8.98. The van der Waals surface area contributed by atoms with Crippen molar-refractivity contribution in [3.05, 3.63) is 0 Å². The molecule has 0 amide bonds. The highest BCUT2D eigenvalue weighted by Crippen LogP contribution is 2.50. The number of hydrogen-bond acceptors (Lipinski definition) is 3. The average molecular weight is 214 g/mol. The van der Waals surface area contributed by atoms with Gasteiger partial charge in [0.2, 0.25) is 0 Å². The van der Waals surface area contributed by atoms with E-state index in [4.69, 9.17) is 4.74 Å². The highest BCUT2D eigenvalue weighted by atomic mass is 16.5. The van der Waals surface area contributed by atoms with Crippen LogP contribution < -0.4 is 0 Å². The third-order valence-electron chi connectivity index (χ3n) is 3.75. The molecule has 4 nitrogen and oxygen atoms in total. The first-order chi connectivity index (χ1) is 7.04. The lowest BCUT2D eigenvalue weighted by Gasteiger charge is -2.31. The van der Waals surface area contributed by atoms with Gasteiger partial charge in [0.15, 0.2) is 0 Å². The maximum absolute atomic E-state index is 11.4. The van der Waals surface area contributed by atoms with E-state index in [-0.39, 0.29) is 12.2 Å². The molecule has 0 saturated carbocycles. The average Bonchev–Trinajstić information content (AvgIpc) is 2.74. The summed E-state index contributed by atoms with van der Waals surface area (Å²) in [7, 11) is 0. The third kappa shape index (κ3) is 1.76. The minimum Gasteiger partial charge on any atom is -0.481 e. The number of aliphatic carboxylic acids is 1. The first kappa shape index (κ1) is 10.9. The predicted molar refractivity (Wildman–Crippen MR) is 53.5 cm³/mol. The van der Waals surface area contributed by atoms with Crippen molar-refractivity contribution >= 4 is 5.97 Å². The molecule has 2 bridgehead atoms. The van der Waals surface area contributed by atoms with Crippen molar-refractivity contribution in [2.45, 2.75) is 57.3 Å². The second-order valence-electron chi connectivity index (χ2n) is 4.88. The van der Waals surface area contributed by atoms with E-state index in [1.165, 1.54) is 0 Å². The lowest BCUT2D eigenvalue weighted by Crippen LogP contribution is -2.40. The van der Waals surface area contributed by atoms with E-state index in [1.54, 1.807) is 6.92 Å². The van der Waals surface area contributed by atoms with Gasteiger partial charge in [-0.25, -0.2) is 0 Å². The second kappa shape index (κ2) is 3.76. The maximum atomic E-state index is 11.4. The summed E-state index contributed by atoms with van der Waals surface area (Å²) in [6, 6.07) is 0. The van der Waals surface area contributed by atoms with Gasteiger partial charge >= 0.3 is 5.97 Å². The van der Waals surface area contributed by atoms with Crippen molar-refractivity contribution in [2.24, 2.45) is 5.41 Å². The van der Waals surface area contributed by atoms with Crippen LogP contribution in [0, 0.1) is 5.41 Å². The Balaban J connectivity index is 2.08. The molecule has 2 fully saturated rings. The van der Waals surface area contributed by atoms with Crippen LogP contribution in [0.2, 0.25) is 0 Å². The summed E-state index contributed by atoms with van der Waals surface area (Å²) in [6.07, 6.45) is 3.13. The second-order valence-corrected chi connectivity index (χ2v) is 4.88. The highest BCUT2D eigenvalue weighted by molar-refractivity contribution is 5.76. The normalized spacial score (nSPS) is 40.7. The lowest BCUT2D eigenvalue weighted by atomic mass is 9.70. The van der Waals surface area contributed by atoms with E-state index in [9.17, 15) is 15.0 Å². The van der Waals surface area contributed by atoms with Gasteiger partial charge in [0.25, 0.3) is 0 Å². The van der Waals surface area contributed by atoms with Crippen LogP contribution in [0.4, 0.5) is 0 Å². The van der Waals surface area contributed by atoms with Crippen molar-refractivity contribution in [3.8, 4) is 0 Å². The Morgan fingerprint density at radius 3 is 2.73 bits per heavy atom. The number of carbonyl (C=O) groups is 1. The Hall–Kier alpha value is -0.610. The van der Waals surface area contributed by atoms with Gasteiger partial charge in [0.05, 0.1) is 23.7 Å². The fourth-order valence-electron chi connectivity index (χ4n) is 2.86. The van der Waals surface area contributed by atoms with Gasteiger partial charge in [-0.2, -0.15) is 0 Å². The van der Waals surface area contributed by atoms with Gasteiger partial charge in [0.1, 0.15) is 0 Å². The SMILES string of the molecule is CC(O)CCC1(C(=O)O)CC2CCC1O2. The minimum absolute atomic E-state index is 0.126. The van der Waals surface area contributed by atoms with E-state index in [0.717, 1.165) is 12.8 Å². The highest BCUT2D eigenvalue weighted by Gasteiger charge is 2.56. The van der Waals surface area contributed by atoms with Crippen LogP contribution in [0.1, 0.15) is 39.0 Å². The molecule has 86 valence electrons.